The summed E-state index contributed by atoms with van der Waals surface area (Å²) in [4.78, 5) is 4.11. The largest absolute Gasteiger partial charge is 0.306 e. The van der Waals surface area contributed by atoms with Crippen molar-refractivity contribution in [1.29, 1.82) is 5.26 Å². The van der Waals surface area contributed by atoms with Gasteiger partial charge in [-0.15, -0.1) is 0 Å². The van der Waals surface area contributed by atoms with Gasteiger partial charge in [-0.3, -0.25) is 4.98 Å². The lowest BCUT2D eigenvalue weighted by atomic mass is 10.0. The van der Waals surface area contributed by atoms with Crippen molar-refractivity contribution in [2.75, 3.05) is 0 Å². The van der Waals surface area contributed by atoms with Gasteiger partial charge in [0.2, 0.25) is 0 Å². The summed E-state index contributed by atoms with van der Waals surface area (Å²) in [5.41, 5.74) is 1.19. The van der Waals surface area contributed by atoms with Crippen LogP contribution in [0.15, 0.2) is 24.5 Å². The molecule has 2 rings (SSSR count). The molecule has 16 heavy (non-hydrogen) atoms. The van der Waals surface area contributed by atoms with E-state index in [0.717, 1.165) is 19.3 Å². The normalized spacial score (nSPS) is 26.2. The molecule has 0 bridgehead atoms. The first-order valence-electron chi connectivity index (χ1n) is 5.87. The highest BCUT2D eigenvalue weighted by Gasteiger charge is 2.28. The van der Waals surface area contributed by atoms with E-state index in [4.69, 9.17) is 5.26 Å². The van der Waals surface area contributed by atoms with E-state index in [1.54, 1.807) is 6.20 Å². The van der Waals surface area contributed by atoms with Crippen LogP contribution in [0.3, 0.4) is 0 Å². The Morgan fingerprint density at radius 3 is 3.12 bits per heavy atom. The molecule has 1 saturated carbocycles. The summed E-state index contributed by atoms with van der Waals surface area (Å²) in [6, 6.07) is 7.03. The molecule has 3 atom stereocenters. The third kappa shape index (κ3) is 2.40. The quantitative estimate of drug-likeness (QED) is 0.842. The van der Waals surface area contributed by atoms with E-state index in [9.17, 15) is 0 Å². The van der Waals surface area contributed by atoms with Gasteiger partial charge in [-0.1, -0.05) is 12.5 Å². The summed E-state index contributed by atoms with van der Waals surface area (Å²) in [6.07, 6.45) is 6.98. The van der Waals surface area contributed by atoms with Crippen molar-refractivity contribution in [2.45, 2.75) is 38.3 Å². The molecular formula is C13H17N3. The lowest BCUT2D eigenvalue weighted by Crippen LogP contribution is -2.33. The number of nitriles is 1. The number of aromatic nitrogens is 1. The van der Waals surface area contributed by atoms with Crippen LogP contribution >= 0.6 is 0 Å². The Bertz CT molecular complexity index is 369. The zero-order valence-corrected chi connectivity index (χ0v) is 9.56. The number of hydrogen-bond acceptors (Lipinski definition) is 3. The van der Waals surface area contributed by atoms with Crippen LogP contribution in [0.4, 0.5) is 0 Å². The van der Waals surface area contributed by atoms with Gasteiger partial charge in [-0.05, 0) is 31.4 Å². The monoisotopic (exact) mass is 215 g/mol. The van der Waals surface area contributed by atoms with E-state index in [1.165, 1.54) is 5.56 Å². The van der Waals surface area contributed by atoms with Gasteiger partial charge < -0.3 is 5.32 Å². The average Bonchev–Trinajstić information content (AvgIpc) is 2.77. The molecule has 2 unspecified atom stereocenters. The maximum atomic E-state index is 9.02. The van der Waals surface area contributed by atoms with E-state index in [0.29, 0.717) is 6.04 Å². The molecule has 1 aliphatic rings. The Morgan fingerprint density at radius 2 is 2.44 bits per heavy atom. The van der Waals surface area contributed by atoms with Crippen molar-refractivity contribution in [3.8, 4) is 6.07 Å². The zero-order chi connectivity index (χ0) is 11.4. The second-order valence-corrected chi connectivity index (χ2v) is 4.45. The predicted octanol–water partition coefficient (Wildman–Crippen LogP) is 2.42. The van der Waals surface area contributed by atoms with Crippen molar-refractivity contribution < 1.29 is 0 Å². The van der Waals surface area contributed by atoms with Crippen LogP contribution < -0.4 is 5.32 Å². The van der Waals surface area contributed by atoms with Crippen LogP contribution in [0, 0.1) is 17.2 Å². The molecule has 0 aliphatic heterocycles. The summed E-state index contributed by atoms with van der Waals surface area (Å²) in [5.74, 6) is 0.180. The van der Waals surface area contributed by atoms with Crippen LogP contribution in [-0.4, -0.2) is 11.0 Å². The standard InChI is InChI=1S/C13H17N3/c1-10(12-5-3-7-15-9-12)16-13-6-2-4-11(13)8-14/h3,5,7,9-11,13,16H,2,4,6H2,1H3/t10-,11?,13?/m0/s1. The van der Waals surface area contributed by atoms with Gasteiger partial charge in [-0.25, -0.2) is 0 Å². The first-order valence-corrected chi connectivity index (χ1v) is 5.87. The first kappa shape index (κ1) is 11.1. The molecule has 0 saturated heterocycles. The van der Waals surface area contributed by atoms with E-state index in [-0.39, 0.29) is 12.0 Å². The molecule has 1 aromatic rings. The van der Waals surface area contributed by atoms with Gasteiger partial charge in [0, 0.05) is 24.5 Å². The topological polar surface area (TPSA) is 48.7 Å². The highest BCUT2D eigenvalue weighted by atomic mass is 15.0. The number of hydrogen-bond donors (Lipinski definition) is 1. The van der Waals surface area contributed by atoms with Crippen LogP contribution in [-0.2, 0) is 0 Å². The second kappa shape index (κ2) is 5.09. The van der Waals surface area contributed by atoms with Crippen molar-refractivity contribution in [3.63, 3.8) is 0 Å². The Kier molecular flexibility index (Phi) is 3.53. The second-order valence-electron chi connectivity index (χ2n) is 4.45. The van der Waals surface area contributed by atoms with Crippen molar-refractivity contribution in [3.05, 3.63) is 30.1 Å². The lowest BCUT2D eigenvalue weighted by Gasteiger charge is -2.21. The third-order valence-electron chi connectivity index (χ3n) is 3.33. The van der Waals surface area contributed by atoms with Gasteiger partial charge in [0.15, 0.2) is 0 Å². The molecule has 0 spiro atoms. The summed E-state index contributed by atoms with van der Waals surface area (Å²) < 4.78 is 0. The summed E-state index contributed by atoms with van der Waals surface area (Å²) in [7, 11) is 0. The average molecular weight is 215 g/mol. The number of nitrogens with zero attached hydrogens (tertiary/aromatic N) is 2. The lowest BCUT2D eigenvalue weighted by molar-refractivity contribution is 0.417. The van der Waals surface area contributed by atoms with Crippen molar-refractivity contribution >= 4 is 0 Å². The van der Waals surface area contributed by atoms with E-state index >= 15 is 0 Å². The SMILES string of the molecule is C[C@H](NC1CCCC1C#N)c1cccnc1. The van der Waals surface area contributed by atoms with Gasteiger partial charge in [0.1, 0.15) is 0 Å². The smallest absolute Gasteiger partial charge is 0.0672 e. The maximum absolute atomic E-state index is 9.02. The highest BCUT2D eigenvalue weighted by Crippen LogP contribution is 2.27. The summed E-state index contributed by atoms with van der Waals surface area (Å²) in [6.45, 7) is 2.13. The number of rotatable bonds is 3. The van der Waals surface area contributed by atoms with Crippen LogP contribution in [0.2, 0.25) is 0 Å². The van der Waals surface area contributed by atoms with E-state index in [2.05, 4.69) is 29.4 Å². The van der Waals surface area contributed by atoms with Crippen LogP contribution in [0.1, 0.15) is 37.8 Å². The van der Waals surface area contributed by atoms with Crippen LogP contribution in [0.25, 0.3) is 0 Å². The van der Waals surface area contributed by atoms with Gasteiger partial charge in [-0.2, -0.15) is 5.26 Å². The molecule has 3 nitrogen and oxygen atoms in total. The molecule has 1 N–H and O–H groups in total. The van der Waals surface area contributed by atoms with Gasteiger partial charge in [0.25, 0.3) is 0 Å². The minimum Gasteiger partial charge on any atom is -0.306 e. The Hall–Kier alpha value is -1.40. The van der Waals surface area contributed by atoms with Gasteiger partial charge >= 0.3 is 0 Å². The van der Waals surface area contributed by atoms with Crippen LogP contribution in [0.5, 0.6) is 0 Å². The number of nitrogens with one attached hydrogen (secondary N) is 1. The molecule has 1 heterocycles. The van der Waals surface area contributed by atoms with Crippen molar-refractivity contribution in [2.24, 2.45) is 5.92 Å². The number of pyridine rings is 1. The Balaban J connectivity index is 1.98. The fourth-order valence-electron chi connectivity index (χ4n) is 2.36. The van der Waals surface area contributed by atoms with E-state index < -0.39 is 0 Å². The molecule has 3 heteroatoms. The molecule has 1 aromatic heterocycles. The van der Waals surface area contributed by atoms with Gasteiger partial charge in [0.05, 0.1) is 12.0 Å². The van der Waals surface area contributed by atoms with E-state index in [1.807, 2.05) is 12.3 Å². The minimum atomic E-state index is 0.180. The molecule has 1 fully saturated rings. The third-order valence-corrected chi connectivity index (χ3v) is 3.33. The maximum Gasteiger partial charge on any atom is 0.0672 e. The highest BCUT2D eigenvalue weighted by molar-refractivity contribution is 5.13. The molecular weight excluding hydrogens is 198 g/mol. The first-order chi connectivity index (χ1) is 7.81. The fraction of sp³-hybridized carbons (Fsp3) is 0.538. The minimum absolute atomic E-state index is 0.180. The fourth-order valence-corrected chi connectivity index (χ4v) is 2.36. The Labute approximate surface area is 96.5 Å². The predicted molar refractivity (Wildman–Crippen MR) is 62.5 cm³/mol. The molecule has 0 aromatic carbocycles. The molecule has 84 valence electrons. The Morgan fingerprint density at radius 1 is 1.56 bits per heavy atom. The van der Waals surface area contributed by atoms with Crippen molar-refractivity contribution in [1.82, 2.24) is 10.3 Å². The molecule has 1 aliphatic carbocycles. The summed E-state index contributed by atoms with van der Waals surface area (Å²) >= 11 is 0. The molecule has 0 amide bonds. The molecule has 0 radical (unpaired) electrons. The zero-order valence-electron chi connectivity index (χ0n) is 9.56. The summed E-state index contributed by atoms with van der Waals surface area (Å²) in [5, 5.41) is 12.6.